The number of aromatic nitrogens is 1. The summed E-state index contributed by atoms with van der Waals surface area (Å²) in [6.45, 7) is 4.99. The lowest BCUT2D eigenvalue weighted by Gasteiger charge is -2.45. The number of anilines is 1. The second-order valence-electron chi connectivity index (χ2n) is 9.39. The number of benzene rings is 1. The summed E-state index contributed by atoms with van der Waals surface area (Å²) in [6.07, 6.45) is 1.45. The van der Waals surface area contributed by atoms with Crippen LogP contribution in [0.3, 0.4) is 0 Å². The molecule has 0 aliphatic carbocycles. The number of carbonyl (C=O) groups is 3. The smallest absolute Gasteiger partial charge is 0.408 e. The zero-order chi connectivity index (χ0) is 26.0. The Morgan fingerprint density at radius 2 is 1.97 bits per heavy atom. The molecule has 2 atom stereocenters. The van der Waals surface area contributed by atoms with Gasteiger partial charge in [-0.25, -0.2) is 14.2 Å². The maximum absolute atomic E-state index is 14.4. The summed E-state index contributed by atoms with van der Waals surface area (Å²) in [5.41, 5.74) is -0.269. The number of hydrogen-bond donors (Lipinski definition) is 2. The molecule has 1 amide bonds. The number of nitrogens with one attached hydrogen (secondary N) is 1. The Hall–Kier alpha value is -3.04. The van der Waals surface area contributed by atoms with E-state index in [-0.39, 0.29) is 35.6 Å². The number of Topliss-reactive ketones (excluding diaryl/α,β-unsaturated/α-hetero) is 2. The molecule has 2 aliphatic heterocycles. The van der Waals surface area contributed by atoms with Crippen molar-refractivity contribution < 1.29 is 23.9 Å². The lowest BCUT2D eigenvalue weighted by Crippen LogP contribution is -2.63. The van der Waals surface area contributed by atoms with Crippen LogP contribution in [0.1, 0.15) is 48.5 Å². The minimum Gasteiger partial charge on any atom is -0.465 e. The van der Waals surface area contributed by atoms with E-state index in [9.17, 15) is 23.9 Å². The fraction of sp³-hybridized carbons (Fsp3) is 0.462. The molecule has 1 aromatic carbocycles. The topological polar surface area (TPSA) is 103 Å². The predicted octanol–water partition coefficient (Wildman–Crippen LogP) is 3.99. The van der Waals surface area contributed by atoms with Crippen LogP contribution in [0, 0.1) is 11.7 Å². The fourth-order valence-electron chi connectivity index (χ4n) is 5.59. The number of carboxylic acid groups (broad SMARTS) is 1. The average molecular weight is 517 g/mol. The molecule has 0 bridgehead atoms. The maximum Gasteiger partial charge on any atom is 0.408 e. The number of rotatable bonds is 7. The highest BCUT2D eigenvalue weighted by molar-refractivity contribution is 6.30. The quantitative estimate of drug-likeness (QED) is 0.536. The number of carbonyl (C=O) groups excluding carboxylic acids is 2. The van der Waals surface area contributed by atoms with Gasteiger partial charge in [0.1, 0.15) is 17.2 Å². The van der Waals surface area contributed by atoms with Gasteiger partial charge in [0.25, 0.3) is 0 Å². The lowest BCUT2D eigenvalue weighted by molar-refractivity contribution is -0.135. The van der Waals surface area contributed by atoms with Crippen molar-refractivity contribution in [2.45, 2.75) is 38.1 Å². The number of halogens is 2. The van der Waals surface area contributed by atoms with Crippen molar-refractivity contribution in [2.75, 3.05) is 37.6 Å². The second kappa shape index (κ2) is 10.5. The molecule has 8 nitrogen and oxygen atoms in total. The number of amides is 1. The summed E-state index contributed by atoms with van der Waals surface area (Å²) in [4.78, 5) is 45.7. The van der Waals surface area contributed by atoms with Gasteiger partial charge in [-0.2, -0.15) is 0 Å². The SMILES string of the molecule is CCN(C(=O)O)[C@]1(C(=O)C2CCN(c3ccc(C(C)=O)cn3)CC2)CNC[C@H]1c1ccc(Cl)c(F)c1. The summed E-state index contributed by atoms with van der Waals surface area (Å²) in [7, 11) is 0. The molecule has 0 saturated carbocycles. The van der Waals surface area contributed by atoms with Gasteiger partial charge in [-0.3, -0.25) is 14.5 Å². The number of hydrogen-bond acceptors (Lipinski definition) is 6. The Kier molecular flexibility index (Phi) is 7.61. The molecule has 0 unspecified atom stereocenters. The highest BCUT2D eigenvalue weighted by Crippen LogP contribution is 2.42. The van der Waals surface area contributed by atoms with Crippen molar-refractivity contribution >= 4 is 35.1 Å². The molecule has 2 fully saturated rings. The summed E-state index contributed by atoms with van der Waals surface area (Å²) < 4.78 is 14.4. The van der Waals surface area contributed by atoms with Crippen LogP contribution in [-0.4, -0.2) is 70.9 Å². The number of ketones is 2. The third-order valence-electron chi connectivity index (χ3n) is 7.47. The van der Waals surface area contributed by atoms with Gasteiger partial charge < -0.3 is 15.3 Å². The van der Waals surface area contributed by atoms with Crippen LogP contribution in [0.2, 0.25) is 5.02 Å². The number of pyridine rings is 1. The zero-order valence-corrected chi connectivity index (χ0v) is 21.1. The largest absolute Gasteiger partial charge is 0.465 e. The van der Waals surface area contributed by atoms with Gasteiger partial charge in [-0.15, -0.1) is 0 Å². The molecular formula is C26H30ClFN4O4. The van der Waals surface area contributed by atoms with Crippen molar-refractivity contribution in [3.63, 3.8) is 0 Å². The van der Waals surface area contributed by atoms with Crippen molar-refractivity contribution in [1.82, 2.24) is 15.2 Å². The van der Waals surface area contributed by atoms with E-state index in [1.165, 1.54) is 24.0 Å². The van der Waals surface area contributed by atoms with E-state index >= 15 is 0 Å². The third kappa shape index (κ3) is 4.69. The number of piperidine rings is 1. The molecule has 1 aromatic heterocycles. The Morgan fingerprint density at radius 3 is 2.53 bits per heavy atom. The number of likely N-dealkylation sites (N-methyl/N-ethyl adjacent to an activating group) is 1. The van der Waals surface area contributed by atoms with Gasteiger partial charge in [-0.05, 0) is 56.5 Å². The zero-order valence-electron chi connectivity index (χ0n) is 20.3. The van der Waals surface area contributed by atoms with E-state index in [2.05, 4.69) is 15.2 Å². The third-order valence-corrected chi connectivity index (χ3v) is 7.77. The second-order valence-corrected chi connectivity index (χ2v) is 9.80. The maximum atomic E-state index is 14.4. The van der Waals surface area contributed by atoms with Crippen LogP contribution in [0.5, 0.6) is 0 Å². The lowest BCUT2D eigenvalue weighted by atomic mass is 9.71. The van der Waals surface area contributed by atoms with Gasteiger partial charge >= 0.3 is 6.09 Å². The first kappa shape index (κ1) is 26.0. The van der Waals surface area contributed by atoms with Crippen LogP contribution in [0.15, 0.2) is 36.5 Å². The summed E-state index contributed by atoms with van der Waals surface area (Å²) >= 11 is 5.88. The van der Waals surface area contributed by atoms with Crippen molar-refractivity contribution in [1.29, 1.82) is 0 Å². The first-order valence-electron chi connectivity index (χ1n) is 12.1. The van der Waals surface area contributed by atoms with E-state index < -0.39 is 23.4 Å². The van der Waals surface area contributed by atoms with Gasteiger partial charge in [0.15, 0.2) is 11.6 Å². The standard InChI is InChI=1S/C26H30ClFN4O4/c1-3-32(25(35)36)26(15-29-14-20(26)18-4-6-21(27)22(28)12-18)24(34)17-8-10-31(11-9-17)23-7-5-19(13-30-23)16(2)33/h4-7,12-13,17,20,29H,3,8-11,14-15H2,1-2H3,(H,35,36)/t20-,26+/m0/s1. The summed E-state index contributed by atoms with van der Waals surface area (Å²) in [5, 5.41) is 13.3. The van der Waals surface area contributed by atoms with Crippen LogP contribution in [0.4, 0.5) is 15.0 Å². The molecule has 0 spiro atoms. The molecule has 0 radical (unpaired) electrons. The molecule has 10 heteroatoms. The van der Waals surface area contributed by atoms with Crippen LogP contribution in [0.25, 0.3) is 0 Å². The first-order valence-corrected chi connectivity index (χ1v) is 12.5. The molecule has 192 valence electrons. The predicted molar refractivity (Wildman–Crippen MR) is 134 cm³/mol. The highest BCUT2D eigenvalue weighted by Gasteiger charge is 2.56. The van der Waals surface area contributed by atoms with E-state index in [1.807, 2.05) is 0 Å². The van der Waals surface area contributed by atoms with E-state index in [4.69, 9.17) is 11.6 Å². The molecule has 2 saturated heterocycles. The van der Waals surface area contributed by atoms with E-state index in [0.717, 1.165) is 5.82 Å². The van der Waals surface area contributed by atoms with Crippen molar-refractivity contribution in [3.05, 3.63) is 58.5 Å². The molecule has 4 rings (SSSR count). The fourth-order valence-corrected chi connectivity index (χ4v) is 5.71. The van der Waals surface area contributed by atoms with Crippen LogP contribution in [-0.2, 0) is 4.79 Å². The number of nitrogens with zero attached hydrogens (tertiary/aromatic N) is 3. The molecule has 2 aliphatic rings. The molecule has 2 N–H and O–H groups in total. The monoisotopic (exact) mass is 516 g/mol. The Labute approximate surface area is 214 Å². The van der Waals surface area contributed by atoms with Crippen LogP contribution < -0.4 is 10.2 Å². The van der Waals surface area contributed by atoms with Crippen molar-refractivity contribution in [3.8, 4) is 0 Å². The summed E-state index contributed by atoms with van der Waals surface area (Å²) in [6, 6.07) is 7.95. The molecule has 2 aromatic rings. The normalized spacial score (nSPS) is 22.4. The molecule has 3 heterocycles. The minimum absolute atomic E-state index is 0.0236. The van der Waals surface area contributed by atoms with Gasteiger partial charge in [0.05, 0.1) is 5.02 Å². The summed E-state index contributed by atoms with van der Waals surface area (Å²) in [5.74, 6) is -0.965. The van der Waals surface area contributed by atoms with Gasteiger partial charge in [0, 0.05) is 56.3 Å². The Morgan fingerprint density at radius 1 is 1.25 bits per heavy atom. The average Bonchev–Trinajstić information content (AvgIpc) is 3.31. The molecular weight excluding hydrogens is 487 g/mol. The first-order chi connectivity index (χ1) is 17.2. The Balaban J connectivity index is 1.60. The van der Waals surface area contributed by atoms with E-state index in [1.54, 1.807) is 31.3 Å². The Bertz CT molecular complexity index is 1150. The van der Waals surface area contributed by atoms with Crippen LogP contribution >= 0.6 is 11.6 Å². The van der Waals surface area contributed by atoms with E-state index in [0.29, 0.717) is 43.6 Å². The highest BCUT2D eigenvalue weighted by atomic mass is 35.5. The molecule has 36 heavy (non-hydrogen) atoms. The van der Waals surface area contributed by atoms with Crippen molar-refractivity contribution in [2.24, 2.45) is 5.92 Å². The van der Waals surface area contributed by atoms with Gasteiger partial charge in [0.2, 0.25) is 0 Å². The van der Waals surface area contributed by atoms with Gasteiger partial charge in [-0.1, -0.05) is 17.7 Å². The minimum atomic E-state index is -1.35.